The Balaban J connectivity index is 1.46. The molecule has 2 bridgehead atoms. The van der Waals surface area contributed by atoms with Gasteiger partial charge in [0.1, 0.15) is 5.76 Å². The maximum absolute atomic E-state index is 13.0. The molecule has 1 saturated heterocycles. The van der Waals surface area contributed by atoms with E-state index in [1.54, 1.807) is 6.26 Å². The highest BCUT2D eigenvalue weighted by Gasteiger charge is 2.35. The van der Waals surface area contributed by atoms with Gasteiger partial charge in [0.25, 0.3) is 5.56 Å². The molecule has 2 aliphatic heterocycles. The van der Waals surface area contributed by atoms with E-state index in [0.29, 0.717) is 23.2 Å². The number of likely N-dealkylation sites (tertiary alicyclic amines) is 1. The quantitative estimate of drug-likeness (QED) is 0.720. The van der Waals surface area contributed by atoms with Crippen molar-refractivity contribution in [1.82, 2.24) is 9.47 Å². The summed E-state index contributed by atoms with van der Waals surface area (Å²) in [5, 5.41) is 2.14. The molecule has 0 N–H and O–H groups in total. The zero-order valence-corrected chi connectivity index (χ0v) is 14.7. The Kier molecular flexibility index (Phi) is 3.64. The summed E-state index contributed by atoms with van der Waals surface area (Å²) in [5.74, 6) is 1.66. The van der Waals surface area contributed by atoms with Crippen LogP contribution in [-0.2, 0) is 13.1 Å². The second kappa shape index (κ2) is 6.00. The normalized spacial score (nSPS) is 22.7. The summed E-state index contributed by atoms with van der Waals surface area (Å²) in [7, 11) is 0. The van der Waals surface area contributed by atoms with Gasteiger partial charge in [0.2, 0.25) is 0 Å². The fraction of sp³-hybridized carbons (Fsp3) is 0.350. The van der Waals surface area contributed by atoms with Crippen molar-refractivity contribution in [3.05, 3.63) is 69.0 Å². The number of nitrogens with zero attached hydrogens (tertiary/aromatic N) is 2. The molecule has 0 aliphatic carbocycles. The number of hydrogen-bond donors (Lipinski definition) is 0. The molecular formula is C20H20N2O2S. The van der Waals surface area contributed by atoms with Gasteiger partial charge in [-0.25, -0.2) is 0 Å². The van der Waals surface area contributed by atoms with E-state index in [9.17, 15) is 4.79 Å². The summed E-state index contributed by atoms with van der Waals surface area (Å²) in [6.45, 7) is 3.96. The molecule has 0 spiro atoms. The summed E-state index contributed by atoms with van der Waals surface area (Å²) in [6.07, 6.45) is 2.82. The number of piperidine rings is 1. The lowest BCUT2D eigenvalue weighted by atomic mass is 9.83. The molecule has 5 heterocycles. The largest absolute Gasteiger partial charge is 0.464 e. The molecule has 3 aromatic rings. The lowest BCUT2D eigenvalue weighted by molar-refractivity contribution is 0.115. The minimum absolute atomic E-state index is 0.0915. The van der Waals surface area contributed by atoms with Crippen LogP contribution < -0.4 is 5.56 Å². The van der Waals surface area contributed by atoms with Crippen LogP contribution in [0.15, 0.2) is 57.3 Å². The molecule has 4 nitrogen and oxygen atoms in total. The van der Waals surface area contributed by atoms with E-state index in [-0.39, 0.29) is 5.56 Å². The van der Waals surface area contributed by atoms with E-state index in [2.05, 4.69) is 28.5 Å². The monoisotopic (exact) mass is 352 g/mol. The first-order chi connectivity index (χ1) is 12.3. The average molecular weight is 352 g/mol. The molecule has 0 amide bonds. The Morgan fingerprint density at radius 3 is 2.88 bits per heavy atom. The molecule has 0 radical (unpaired) electrons. The molecule has 5 rings (SSSR count). The second-order valence-electron chi connectivity index (χ2n) is 7.14. The highest BCUT2D eigenvalue weighted by molar-refractivity contribution is 7.09. The number of pyridine rings is 1. The van der Waals surface area contributed by atoms with Crippen molar-refractivity contribution in [2.75, 3.05) is 13.1 Å². The predicted octanol–water partition coefficient (Wildman–Crippen LogP) is 3.79. The molecule has 1 fully saturated rings. The minimum atomic E-state index is 0.0915. The van der Waals surface area contributed by atoms with Crippen LogP contribution in [0.25, 0.3) is 11.3 Å². The van der Waals surface area contributed by atoms with Gasteiger partial charge in [0.15, 0.2) is 0 Å². The molecule has 3 aromatic heterocycles. The predicted molar refractivity (Wildman–Crippen MR) is 98.8 cm³/mol. The van der Waals surface area contributed by atoms with E-state index >= 15 is 0 Å². The zero-order chi connectivity index (χ0) is 16.8. The van der Waals surface area contributed by atoms with Gasteiger partial charge in [0.05, 0.1) is 11.8 Å². The van der Waals surface area contributed by atoms with Gasteiger partial charge in [0, 0.05) is 42.7 Å². The number of furan rings is 1. The van der Waals surface area contributed by atoms with Crippen molar-refractivity contribution in [3.63, 3.8) is 0 Å². The first-order valence-corrected chi connectivity index (χ1v) is 9.68. The van der Waals surface area contributed by atoms with E-state index in [4.69, 9.17) is 4.42 Å². The molecule has 5 heteroatoms. The van der Waals surface area contributed by atoms with Gasteiger partial charge in [-0.3, -0.25) is 9.69 Å². The van der Waals surface area contributed by atoms with Crippen LogP contribution in [0.1, 0.15) is 22.9 Å². The molecule has 2 atom stereocenters. The Hall–Kier alpha value is -2.11. The third kappa shape index (κ3) is 2.68. The number of thiophene rings is 1. The summed E-state index contributed by atoms with van der Waals surface area (Å²) in [4.78, 5) is 16.9. The topological polar surface area (TPSA) is 38.4 Å². The molecule has 25 heavy (non-hydrogen) atoms. The molecule has 0 saturated carbocycles. The zero-order valence-electron chi connectivity index (χ0n) is 13.9. The first kappa shape index (κ1) is 15.2. The Morgan fingerprint density at radius 2 is 2.08 bits per heavy atom. The van der Waals surface area contributed by atoms with Crippen LogP contribution in [-0.4, -0.2) is 22.6 Å². The highest BCUT2D eigenvalue weighted by atomic mass is 32.1. The number of rotatable bonds is 3. The Labute approximate surface area is 150 Å². The Bertz CT molecular complexity index is 927. The maximum atomic E-state index is 13.0. The molecule has 128 valence electrons. The van der Waals surface area contributed by atoms with Crippen molar-refractivity contribution < 1.29 is 4.42 Å². The SMILES string of the molecule is O=c1c(-c2ccco2)ccc2n1CC1CC2CN(Cc2cccs2)C1. The van der Waals surface area contributed by atoms with Crippen molar-refractivity contribution in [3.8, 4) is 11.3 Å². The molecule has 0 aromatic carbocycles. The summed E-state index contributed by atoms with van der Waals surface area (Å²) in [6, 6.07) is 12.1. The van der Waals surface area contributed by atoms with Crippen LogP contribution >= 0.6 is 11.3 Å². The first-order valence-electron chi connectivity index (χ1n) is 8.80. The van der Waals surface area contributed by atoms with E-state index in [0.717, 1.165) is 26.2 Å². The van der Waals surface area contributed by atoms with Crippen molar-refractivity contribution in [1.29, 1.82) is 0 Å². The van der Waals surface area contributed by atoms with Crippen LogP contribution in [0.2, 0.25) is 0 Å². The summed E-state index contributed by atoms with van der Waals surface area (Å²) in [5.41, 5.74) is 1.95. The van der Waals surface area contributed by atoms with Gasteiger partial charge in [-0.2, -0.15) is 0 Å². The summed E-state index contributed by atoms with van der Waals surface area (Å²) < 4.78 is 7.44. The smallest absolute Gasteiger partial charge is 0.261 e. The minimum Gasteiger partial charge on any atom is -0.464 e. The third-order valence-electron chi connectivity index (χ3n) is 5.43. The van der Waals surface area contributed by atoms with Crippen LogP contribution in [0.4, 0.5) is 0 Å². The van der Waals surface area contributed by atoms with Gasteiger partial charge in [-0.1, -0.05) is 6.07 Å². The van der Waals surface area contributed by atoms with Gasteiger partial charge >= 0.3 is 0 Å². The summed E-state index contributed by atoms with van der Waals surface area (Å²) >= 11 is 1.83. The Morgan fingerprint density at radius 1 is 1.12 bits per heavy atom. The number of aromatic nitrogens is 1. The maximum Gasteiger partial charge on any atom is 0.261 e. The van der Waals surface area contributed by atoms with Crippen LogP contribution in [0.3, 0.4) is 0 Å². The van der Waals surface area contributed by atoms with Crippen molar-refractivity contribution in [2.24, 2.45) is 5.92 Å². The highest BCUT2D eigenvalue weighted by Crippen LogP contribution is 2.36. The van der Waals surface area contributed by atoms with Crippen LogP contribution in [0, 0.1) is 5.92 Å². The van der Waals surface area contributed by atoms with E-state index < -0.39 is 0 Å². The van der Waals surface area contributed by atoms with E-state index in [1.807, 2.05) is 34.1 Å². The lowest BCUT2D eigenvalue weighted by Gasteiger charge is -2.42. The second-order valence-corrected chi connectivity index (χ2v) is 8.17. The number of hydrogen-bond acceptors (Lipinski definition) is 4. The molecule has 2 aliphatic rings. The van der Waals surface area contributed by atoms with Gasteiger partial charge < -0.3 is 8.98 Å². The standard InChI is InChI=1S/C20H20N2O2S/c23-20-17(19-4-1-7-24-19)5-6-18-15-9-14(11-22(18)20)10-21(12-15)13-16-3-2-8-25-16/h1-8,14-15H,9-13H2. The third-order valence-corrected chi connectivity index (χ3v) is 6.29. The average Bonchev–Trinajstić information content (AvgIpc) is 3.29. The fourth-order valence-electron chi connectivity index (χ4n) is 4.42. The lowest BCUT2D eigenvalue weighted by Crippen LogP contribution is -2.46. The van der Waals surface area contributed by atoms with Crippen molar-refractivity contribution in [2.45, 2.75) is 25.4 Å². The van der Waals surface area contributed by atoms with E-state index in [1.165, 1.54) is 17.0 Å². The molecule has 2 unspecified atom stereocenters. The van der Waals surface area contributed by atoms with Gasteiger partial charge in [-0.05, 0) is 48.1 Å². The van der Waals surface area contributed by atoms with Crippen molar-refractivity contribution >= 4 is 11.3 Å². The number of fused-ring (bicyclic) bond motifs is 4. The van der Waals surface area contributed by atoms with Gasteiger partial charge in [-0.15, -0.1) is 11.3 Å². The fourth-order valence-corrected chi connectivity index (χ4v) is 5.16. The molecular weight excluding hydrogens is 332 g/mol. The van der Waals surface area contributed by atoms with Crippen LogP contribution in [0.5, 0.6) is 0 Å².